The van der Waals surface area contributed by atoms with E-state index < -0.39 is 22.2 Å². The number of nitrogens with zero attached hydrogens (tertiary/aromatic N) is 3. The van der Waals surface area contributed by atoms with Crippen LogP contribution in [-0.2, 0) is 6.54 Å². The van der Waals surface area contributed by atoms with Crippen LogP contribution in [0.5, 0.6) is 5.75 Å². The Morgan fingerprint density at radius 1 is 1.36 bits per heavy atom. The van der Waals surface area contributed by atoms with Gasteiger partial charge in [-0.3, -0.25) is 19.6 Å². The van der Waals surface area contributed by atoms with Crippen LogP contribution in [-0.4, -0.2) is 26.2 Å². The molecule has 2 rings (SSSR count). The molecule has 0 aliphatic rings. The van der Waals surface area contributed by atoms with Gasteiger partial charge in [-0.25, -0.2) is 0 Å². The molecule has 2 aromatic rings. The first kappa shape index (κ1) is 18.8. The van der Waals surface area contributed by atoms with Crippen molar-refractivity contribution in [3.63, 3.8) is 0 Å². The third-order valence-electron chi connectivity index (χ3n) is 3.04. The first-order valence-electron chi connectivity index (χ1n) is 6.92. The molecule has 7 nitrogen and oxygen atoms in total. The van der Waals surface area contributed by atoms with Crippen molar-refractivity contribution in [3.8, 4) is 5.75 Å². The van der Waals surface area contributed by atoms with E-state index in [0.717, 1.165) is 12.1 Å². The summed E-state index contributed by atoms with van der Waals surface area (Å²) in [6.07, 6.45) is -4.81. The molecule has 0 radical (unpaired) electrons. The van der Waals surface area contributed by atoms with Crippen molar-refractivity contribution in [2.24, 2.45) is 0 Å². The average Bonchev–Trinajstić information content (AvgIpc) is 2.84. The molecule has 0 aliphatic carbocycles. The van der Waals surface area contributed by atoms with Gasteiger partial charge in [-0.15, -0.1) is 13.2 Å². The number of rotatable bonds is 5. The molecule has 0 atom stereocenters. The molecule has 134 valence electrons. The number of hydrogen-bond donors (Lipinski definition) is 0. The minimum absolute atomic E-state index is 0.115. The zero-order valence-electron chi connectivity index (χ0n) is 13.0. The van der Waals surface area contributed by atoms with Crippen LogP contribution >= 0.6 is 11.8 Å². The van der Waals surface area contributed by atoms with Gasteiger partial charge in [0.2, 0.25) is 5.12 Å². The van der Waals surface area contributed by atoms with Crippen LogP contribution in [0.3, 0.4) is 0 Å². The smallest absolute Gasteiger partial charge is 0.406 e. The molecular formula is C14H12F3N3O4S. The van der Waals surface area contributed by atoms with Gasteiger partial charge in [0.05, 0.1) is 4.92 Å². The zero-order valence-corrected chi connectivity index (χ0v) is 13.8. The normalized spacial score (nSPS) is 11.4. The number of thioether (sulfide) groups is 1. The van der Waals surface area contributed by atoms with Crippen molar-refractivity contribution < 1.29 is 27.6 Å². The second-order valence-electron chi connectivity index (χ2n) is 4.76. The molecule has 0 aliphatic heterocycles. The monoisotopic (exact) mass is 375 g/mol. The van der Waals surface area contributed by atoms with E-state index in [4.69, 9.17) is 0 Å². The lowest BCUT2D eigenvalue weighted by molar-refractivity contribution is -0.385. The average molecular weight is 375 g/mol. The lowest BCUT2D eigenvalue weighted by Gasteiger charge is -2.09. The lowest BCUT2D eigenvalue weighted by Crippen LogP contribution is -2.16. The number of aromatic nitrogens is 2. The maximum atomic E-state index is 12.4. The number of aryl methyl sites for hydroxylation is 2. The molecule has 0 fully saturated rings. The van der Waals surface area contributed by atoms with Crippen LogP contribution in [0.2, 0.25) is 0 Å². The zero-order chi connectivity index (χ0) is 18.8. The molecule has 0 saturated carbocycles. The molecule has 0 spiro atoms. The minimum Gasteiger partial charge on any atom is -0.406 e. The van der Waals surface area contributed by atoms with E-state index >= 15 is 0 Å². The van der Waals surface area contributed by atoms with Gasteiger partial charge < -0.3 is 4.74 Å². The summed E-state index contributed by atoms with van der Waals surface area (Å²) in [5.41, 5.74) is -0.424. The Morgan fingerprint density at radius 3 is 2.44 bits per heavy atom. The second kappa shape index (κ2) is 7.13. The number of halogens is 3. The summed E-state index contributed by atoms with van der Waals surface area (Å²) in [6.45, 7) is 3.37. The molecule has 0 saturated heterocycles. The summed E-state index contributed by atoms with van der Waals surface area (Å²) in [5.74, 6) is -0.426. The van der Waals surface area contributed by atoms with E-state index in [9.17, 15) is 28.1 Å². The molecular weight excluding hydrogens is 363 g/mol. The van der Waals surface area contributed by atoms with Crippen LogP contribution < -0.4 is 4.74 Å². The number of hydrogen-bond acceptors (Lipinski definition) is 6. The second-order valence-corrected chi connectivity index (χ2v) is 5.81. The van der Waals surface area contributed by atoms with Crippen LogP contribution in [0.4, 0.5) is 18.9 Å². The Kier molecular flexibility index (Phi) is 5.36. The lowest BCUT2D eigenvalue weighted by atomic mass is 10.3. The molecule has 1 heterocycles. The van der Waals surface area contributed by atoms with E-state index in [1.165, 1.54) is 23.7 Å². The largest absolute Gasteiger partial charge is 0.573 e. The predicted octanol–water partition coefficient (Wildman–Crippen LogP) is 3.95. The van der Waals surface area contributed by atoms with Crippen molar-refractivity contribution in [2.75, 3.05) is 0 Å². The Balaban J connectivity index is 2.24. The summed E-state index contributed by atoms with van der Waals surface area (Å²) in [6, 6.07) is 4.63. The van der Waals surface area contributed by atoms with E-state index in [2.05, 4.69) is 9.84 Å². The number of nitro groups is 1. The first-order chi connectivity index (χ1) is 11.6. The van der Waals surface area contributed by atoms with Gasteiger partial charge >= 0.3 is 12.0 Å². The number of ether oxygens (including phenoxy) is 1. The standard InChI is InChI=1S/C14H12F3N3O4S/c1-3-19-12(11(20(22)23)8(2)18-19)13(21)25-10-6-4-9(5-7-10)24-14(15,16)17/h4-7H,3H2,1-2H3. The highest BCUT2D eigenvalue weighted by molar-refractivity contribution is 8.14. The fourth-order valence-electron chi connectivity index (χ4n) is 2.09. The van der Waals surface area contributed by atoms with Crippen molar-refractivity contribution >= 4 is 22.6 Å². The Bertz CT molecular complexity index is 803. The molecule has 25 heavy (non-hydrogen) atoms. The first-order valence-corrected chi connectivity index (χ1v) is 7.73. The highest BCUT2D eigenvalue weighted by Crippen LogP contribution is 2.32. The van der Waals surface area contributed by atoms with Crippen LogP contribution in [0, 0.1) is 17.0 Å². The fraction of sp³-hybridized carbons (Fsp3) is 0.286. The summed E-state index contributed by atoms with van der Waals surface area (Å²) < 4.78 is 41.3. The third-order valence-corrected chi connectivity index (χ3v) is 3.93. The van der Waals surface area contributed by atoms with Gasteiger partial charge in [0.1, 0.15) is 11.4 Å². The highest BCUT2D eigenvalue weighted by atomic mass is 32.2. The van der Waals surface area contributed by atoms with E-state index in [1.54, 1.807) is 6.92 Å². The van der Waals surface area contributed by atoms with Crippen molar-refractivity contribution in [1.82, 2.24) is 9.78 Å². The number of alkyl halides is 3. The molecule has 1 aromatic carbocycles. The van der Waals surface area contributed by atoms with Gasteiger partial charge in [0.25, 0.3) is 0 Å². The third kappa shape index (κ3) is 4.50. The Labute approximate surface area is 143 Å². The highest BCUT2D eigenvalue weighted by Gasteiger charge is 2.32. The minimum atomic E-state index is -4.81. The van der Waals surface area contributed by atoms with E-state index in [-0.39, 0.29) is 23.6 Å². The van der Waals surface area contributed by atoms with Crippen LogP contribution in [0.25, 0.3) is 0 Å². The van der Waals surface area contributed by atoms with Gasteiger partial charge in [0.15, 0.2) is 5.69 Å². The topological polar surface area (TPSA) is 87.3 Å². The Morgan fingerprint density at radius 2 is 1.96 bits per heavy atom. The quantitative estimate of drug-likeness (QED) is 0.447. The number of benzene rings is 1. The predicted molar refractivity (Wildman–Crippen MR) is 82.6 cm³/mol. The number of carbonyl (C=O) groups is 1. The van der Waals surface area contributed by atoms with Crippen molar-refractivity contribution in [1.29, 1.82) is 0 Å². The van der Waals surface area contributed by atoms with E-state index in [1.807, 2.05) is 0 Å². The van der Waals surface area contributed by atoms with Crippen LogP contribution in [0.1, 0.15) is 23.1 Å². The van der Waals surface area contributed by atoms with Gasteiger partial charge in [-0.1, -0.05) is 0 Å². The molecule has 11 heteroatoms. The van der Waals surface area contributed by atoms with Gasteiger partial charge in [0, 0.05) is 11.4 Å². The van der Waals surface area contributed by atoms with Crippen molar-refractivity contribution in [2.45, 2.75) is 31.7 Å². The number of carbonyl (C=O) groups excluding carboxylic acids is 1. The molecule has 1 aromatic heterocycles. The summed E-state index contributed by atoms with van der Waals surface area (Å²) in [5, 5.41) is 14.5. The summed E-state index contributed by atoms with van der Waals surface area (Å²) in [7, 11) is 0. The molecule has 0 unspecified atom stereocenters. The molecule has 0 bridgehead atoms. The Hall–Kier alpha value is -2.56. The maximum absolute atomic E-state index is 12.4. The van der Waals surface area contributed by atoms with Crippen molar-refractivity contribution in [3.05, 3.63) is 45.8 Å². The summed E-state index contributed by atoms with van der Waals surface area (Å²) in [4.78, 5) is 23.2. The fourth-order valence-corrected chi connectivity index (χ4v) is 2.87. The molecule has 0 amide bonds. The summed E-state index contributed by atoms with van der Waals surface area (Å²) >= 11 is 0.657. The van der Waals surface area contributed by atoms with Gasteiger partial charge in [-0.2, -0.15) is 5.10 Å². The maximum Gasteiger partial charge on any atom is 0.573 e. The van der Waals surface area contributed by atoms with Crippen LogP contribution in [0.15, 0.2) is 29.2 Å². The molecule has 0 N–H and O–H groups in total. The van der Waals surface area contributed by atoms with Gasteiger partial charge in [-0.05, 0) is 49.9 Å². The SMILES string of the molecule is CCn1nc(C)c([N+](=O)[O-])c1C(=O)Sc1ccc(OC(F)(F)F)cc1. The van der Waals surface area contributed by atoms with E-state index in [0.29, 0.717) is 16.7 Å².